The summed E-state index contributed by atoms with van der Waals surface area (Å²) < 4.78 is 27.8. The minimum Gasteiger partial charge on any atom is -0.324 e. The van der Waals surface area contributed by atoms with Gasteiger partial charge in [-0.05, 0) is 59.1 Å². The van der Waals surface area contributed by atoms with Gasteiger partial charge in [-0.25, -0.2) is 8.42 Å². The van der Waals surface area contributed by atoms with E-state index < -0.39 is 10.0 Å². The van der Waals surface area contributed by atoms with E-state index in [1.54, 1.807) is 30.3 Å². The molecule has 1 amide bonds. The lowest BCUT2D eigenvalue weighted by molar-refractivity contribution is -0.120. The molecule has 26 heavy (non-hydrogen) atoms. The molecule has 0 unspecified atom stereocenters. The van der Waals surface area contributed by atoms with Crippen molar-refractivity contribution in [3.63, 3.8) is 0 Å². The molecule has 1 aliphatic heterocycles. The van der Waals surface area contributed by atoms with E-state index in [9.17, 15) is 13.2 Å². The summed E-state index contributed by atoms with van der Waals surface area (Å²) in [7, 11) is -3.51. The van der Waals surface area contributed by atoms with Crippen LogP contribution in [0.25, 0.3) is 0 Å². The van der Waals surface area contributed by atoms with Crippen molar-refractivity contribution in [2.75, 3.05) is 18.4 Å². The number of nitrogens with one attached hydrogen (secondary N) is 1. The number of halogens is 3. The van der Waals surface area contributed by atoms with Crippen LogP contribution in [0.5, 0.6) is 0 Å². The molecular weight excluding hydrogens is 483 g/mol. The van der Waals surface area contributed by atoms with Crippen molar-refractivity contribution < 1.29 is 13.2 Å². The van der Waals surface area contributed by atoms with Crippen LogP contribution in [0, 0.1) is 5.92 Å². The standard InChI is InChI=1S/C16H15BrCl2N2O3S2/c17-14-3-4-15(25-14)26(23,24)21-7-5-10(6-8-21)16(22)20-13-9-11(18)1-2-12(13)19/h1-4,9-10H,5-8H2,(H,20,22). The predicted octanol–water partition coefficient (Wildman–Crippen LogP) is 4.86. The van der Waals surface area contributed by atoms with Crippen LogP contribution in [-0.2, 0) is 14.8 Å². The Bertz CT molecular complexity index is 925. The van der Waals surface area contributed by atoms with E-state index >= 15 is 0 Å². The Hall–Kier alpha value is -0.640. The summed E-state index contributed by atoms with van der Waals surface area (Å²) in [5.41, 5.74) is 0.461. The molecule has 0 saturated carbocycles. The fourth-order valence-corrected chi connectivity index (χ4v) is 6.72. The van der Waals surface area contributed by atoms with Crippen LogP contribution < -0.4 is 5.32 Å². The first-order chi connectivity index (χ1) is 12.3. The Kier molecular flexibility index (Phi) is 6.31. The molecule has 0 aliphatic carbocycles. The number of piperidine rings is 1. The van der Waals surface area contributed by atoms with E-state index in [-0.39, 0.29) is 11.8 Å². The maximum atomic E-state index is 12.6. The van der Waals surface area contributed by atoms with Crippen LogP contribution in [0.1, 0.15) is 12.8 Å². The zero-order chi connectivity index (χ0) is 18.9. The predicted molar refractivity (Wildman–Crippen MR) is 109 cm³/mol. The molecule has 2 heterocycles. The van der Waals surface area contributed by atoms with Crippen LogP contribution in [0.15, 0.2) is 38.3 Å². The SMILES string of the molecule is O=C(Nc1cc(Cl)ccc1Cl)C1CCN(S(=O)(=O)c2ccc(Br)s2)CC1. The number of carbonyl (C=O) groups excluding carboxylic acids is 1. The maximum Gasteiger partial charge on any atom is 0.252 e. The number of hydrogen-bond donors (Lipinski definition) is 1. The maximum absolute atomic E-state index is 12.6. The lowest BCUT2D eigenvalue weighted by Gasteiger charge is -2.30. The van der Waals surface area contributed by atoms with Gasteiger partial charge >= 0.3 is 0 Å². The highest BCUT2D eigenvalue weighted by atomic mass is 79.9. The minimum atomic E-state index is -3.51. The van der Waals surface area contributed by atoms with E-state index in [1.807, 2.05) is 0 Å². The lowest BCUT2D eigenvalue weighted by atomic mass is 9.97. The Morgan fingerprint density at radius 3 is 2.50 bits per heavy atom. The second-order valence-electron chi connectivity index (χ2n) is 5.85. The number of carbonyl (C=O) groups is 1. The summed E-state index contributed by atoms with van der Waals surface area (Å²) in [6.45, 7) is 0.610. The van der Waals surface area contributed by atoms with E-state index in [0.717, 1.165) is 3.79 Å². The third-order valence-electron chi connectivity index (χ3n) is 4.15. The molecule has 1 aromatic heterocycles. The number of benzene rings is 1. The van der Waals surface area contributed by atoms with E-state index in [1.165, 1.54) is 15.6 Å². The number of nitrogens with zero attached hydrogens (tertiary/aromatic N) is 1. The number of hydrogen-bond acceptors (Lipinski definition) is 4. The lowest BCUT2D eigenvalue weighted by Crippen LogP contribution is -2.41. The zero-order valence-corrected chi connectivity index (χ0v) is 18.1. The van der Waals surface area contributed by atoms with Gasteiger partial charge < -0.3 is 5.32 Å². The first-order valence-corrected chi connectivity index (χ1v) is 11.6. The van der Waals surface area contributed by atoms with Crippen LogP contribution >= 0.6 is 50.5 Å². The molecule has 140 valence electrons. The molecule has 1 aliphatic rings. The molecule has 1 fully saturated rings. The fourth-order valence-electron chi connectivity index (χ4n) is 2.75. The zero-order valence-electron chi connectivity index (χ0n) is 13.4. The van der Waals surface area contributed by atoms with Crippen LogP contribution in [0.4, 0.5) is 5.69 Å². The highest BCUT2D eigenvalue weighted by Gasteiger charge is 2.33. The van der Waals surface area contributed by atoms with Gasteiger partial charge in [0.05, 0.1) is 14.5 Å². The second-order valence-corrected chi connectivity index (χ2v) is 11.3. The van der Waals surface area contributed by atoms with Crippen LogP contribution in [0.2, 0.25) is 10.0 Å². The van der Waals surface area contributed by atoms with Crippen molar-refractivity contribution in [1.29, 1.82) is 0 Å². The molecule has 2 aromatic rings. The molecule has 5 nitrogen and oxygen atoms in total. The van der Waals surface area contributed by atoms with Crippen molar-refractivity contribution in [3.05, 3.63) is 44.2 Å². The molecule has 1 N–H and O–H groups in total. The van der Waals surface area contributed by atoms with Gasteiger partial charge in [0.1, 0.15) is 4.21 Å². The van der Waals surface area contributed by atoms with Gasteiger partial charge in [-0.2, -0.15) is 4.31 Å². The van der Waals surface area contributed by atoms with Crippen LogP contribution in [-0.4, -0.2) is 31.7 Å². The summed E-state index contributed by atoms with van der Waals surface area (Å²) in [6.07, 6.45) is 0.908. The van der Waals surface area contributed by atoms with Gasteiger partial charge in [0.15, 0.2) is 0 Å². The Balaban J connectivity index is 1.63. The van der Waals surface area contributed by atoms with Crippen molar-refractivity contribution in [1.82, 2.24) is 4.31 Å². The smallest absolute Gasteiger partial charge is 0.252 e. The Morgan fingerprint density at radius 1 is 1.19 bits per heavy atom. The number of thiophene rings is 1. The average Bonchev–Trinajstić information content (AvgIpc) is 3.05. The van der Waals surface area contributed by atoms with E-state index in [0.29, 0.717) is 45.9 Å². The molecular formula is C16H15BrCl2N2O3S2. The van der Waals surface area contributed by atoms with Gasteiger partial charge in [-0.1, -0.05) is 23.2 Å². The number of sulfonamides is 1. The van der Waals surface area contributed by atoms with Crippen molar-refractivity contribution in [2.24, 2.45) is 5.92 Å². The summed E-state index contributed by atoms with van der Waals surface area (Å²) in [5, 5.41) is 3.67. The molecule has 0 radical (unpaired) electrons. The highest BCUT2D eigenvalue weighted by molar-refractivity contribution is 9.11. The molecule has 0 spiro atoms. The van der Waals surface area contributed by atoms with Gasteiger partial charge in [-0.3, -0.25) is 4.79 Å². The van der Waals surface area contributed by atoms with Gasteiger partial charge in [0, 0.05) is 24.0 Å². The largest absolute Gasteiger partial charge is 0.324 e. The Morgan fingerprint density at radius 2 is 1.88 bits per heavy atom. The monoisotopic (exact) mass is 496 g/mol. The number of amides is 1. The number of rotatable bonds is 4. The first kappa shape index (κ1) is 20.1. The summed E-state index contributed by atoms with van der Waals surface area (Å²) in [5.74, 6) is -0.448. The van der Waals surface area contributed by atoms with Gasteiger partial charge in [0.2, 0.25) is 5.91 Å². The van der Waals surface area contributed by atoms with Gasteiger partial charge in [-0.15, -0.1) is 11.3 Å². The van der Waals surface area contributed by atoms with Crippen molar-refractivity contribution >= 4 is 72.1 Å². The van der Waals surface area contributed by atoms with Gasteiger partial charge in [0.25, 0.3) is 10.0 Å². The average molecular weight is 498 g/mol. The molecule has 0 bridgehead atoms. The quantitative estimate of drug-likeness (QED) is 0.656. The van der Waals surface area contributed by atoms with Crippen LogP contribution in [0.3, 0.4) is 0 Å². The topological polar surface area (TPSA) is 66.5 Å². The van der Waals surface area contributed by atoms with Crippen molar-refractivity contribution in [3.8, 4) is 0 Å². The molecule has 3 rings (SSSR count). The molecule has 0 atom stereocenters. The fraction of sp³-hybridized carbons (Fsp3) is 0.312. The van der Waals surface area contributed by atoms with E-state index in [2.05, 4.69) is 21.2 Å². The third-order valence-corrected chi connectivity index (χ3v) is 8.71. The first-order valence-electron chi connectivity index (χ1n) is 7.79. The third kappa shape index (κ3) is 4.43. The summed E-state index contributed by atoms with van der Waals surface area (Å²) >= 11 is 16.5. The Labute approximate surface area is 174 Å². The molecule has 1 aromatic carbocycles. The molecule has 10 heteroatoms. The number of anilines is 1. The summed E-state index contributed by atoms with van der Waals surface area (Å²) in [6, 6.07) is 8.16. The highest BCUT2D eigenvalue weighted by Crippen LogP contribution is 2.31. The van der Waals surface area contributed by atoms with E-state index in [4.69, 9.17) is 23.2 Å². The molecule has 1 saturated heterocycles. The second kappa shape index (κ2) is 8.16. The normalized spacial score (nSPS) is 16.6. The minimum absolute atomic E-state index is 0.176. The van der Waals surface area contributed by atoms with Crippen molar-refractivity contribution in [2.45, 2.75) is 17.1 Å². The summed E-state index contributed by atoms with van der Waals surface area (Å²) in [4.78, 5) is 12.5.